The quantitative estimate of drug-likeness (QED) is 0.586. The van der Waals surface area contributed by atoms with Crippen molar-refractivity contribution >= 4 is 17.8 Å². The zero-order valence-corrected chi connectivity index (χ0v) is 17.3. The van der Waals surface area contributed by atoms with Gasteiger partial charge in [-0.1, -0.05) is 30.3 Å². The zero-order chi connectivity index (χ0) is 21.7. The van der Waals surface area contributed by atoms with E-state index in [1.54, 1.807) is 6.92 Å². The van der Waals surface area contributed by atoms with Gasteiger partial charge in [-0.25, -0.2) is 4.79 Å². The van der Waals surface area contributed by atoms with E-state index in [-0.39, 0.29) is 11.3 Å². The zero-order valence-electron chi connectivity index (χ0n) is 17.3. The molecular weight excluding hydrogens is 388 g/mol. The van der Waals surface area contributed by atoms with Crippen LogP contribution in [0, 0.1) is 5.41 Å². The Morgan fingerprint density at radius 2 is 1.87 bits per heavy atom. The average Bonchev–Trinajstić information content (AvgIpc) is 3.10. The summed E-state index contributed by atoms with van der Waals surface area (Å²) in [4.78, 5) is 38.0. The highest BCUT2D eigenvalue weighted by molar-refractivity contribution is 5.88. The fraction of sp³-hybridized carbons (Fsp3) is 0.591. The fourth-order valence-corrected chi connectivity index (χ4v) is 4.53. The Kier molecular flexibility index (Phi) is 7.10. The molecule has 2 aliphatic heterocycles. The molecule has 2 fully saturated rings. The number of carbonyl (C=O) groups excluding carboxylic acids is 1. The fourth-order valence-electron chi connectivity index (χ4n) is 4.53. The van der Waals surface area contributed by atoms with Crippen LogP contribution in [0.1, 0.15) is 38.2 Å². The van der Waals surface area contributed by atoms with Crippen LogP contribution >= 0.6 is 0 Å². The lowest BCUT2D eigenvalue weighted by atomic mass is 9.78. The molecule has 3 N–H and O–H groups in total. The van der Waals surface area contributed by atoms with E-state index in [0.717, 1.165) is 18.4 Å². The molecule has 1 aromatic carbocycles. The van der Waals surface area contributed by atoms with Gasteiger partial charge in [0.25, 0.3) is 0 Å². The Morgan fingerprint density at radius 3 is 2.47 bits per heavy atom. The van der Waals surface area contributed by atoms with E-state index >= 15 is 0 Å². The third kappa shape index (κ3) is 5.17. The highest BCUT2D eigenvalue weighted by atomic mass is 16.5. The molecule has 3 rings (SSSR count). The van der Waals surface area contributed by atoms with Crippen LogP contribution in [0.15, 0.2) is 30.3 Å². The van der Waals surface area contributed by atoms with Gasteiger partial charge in [-0.3, -0.25) is 14.9 Å². The summed E-state index contributed by atoms with van der Waals surface area (Å²) in [5.41, 5.74) is 0.799. The normalized spacial score (nSPS) is 22.6. The van der Waals surface area contributed by atoms with E-state index in [1.165, 1.54) is 4.90 Å². The van der Waals surface area contributed by atoms with Gasteiger partial charge in [0.05, 0.1) is 6.04 Å². The van der Waals surface area contributed by atoms with Gasteiger partial charge in [-0.05, 0) is 50.0 Å². The number of aliphatic carboxylic acids is 2. The van der Waals surface area contributed by atoms with Crippen LogP contribution in [0.3, 0.4) is 0 Å². The van der Waals surface area contributed by atoms with E-state index in [9.17, 15) is 24.6 Å². The minimum absolute atomic E-state index is 0.226. The molecule has 0 aromatic heterocycles. The van der Waals surface area contributed by atoms with Gasteiger partial charge < -0.3 is 19.8 Å². The van der Waals surface area contributed by atoms with Crippen molar-refractivity contribution in [2.24, 2.45) is 5.41 Å². The summed E-state index contributed by atoms with van der Waals surface area (Å²) < 4.78 is 5.41. The minimum atomic E-state index is -1.03. The van der Waals surface area contributed by atoms with Gasteiger partial charge in [0.2, 0.25) is 5.91 Å². The smallest absolute Gasteiger partial charge is 0.326 e. The summed E-state index contributed by atoms with van der Waals surface area (Å²) in [5, 5.41) is 22.2. The molecule has 1 amide bonds. The SMILES string of the molecule is CC(N[C@@H](CCc1ccccc1)C(=O)O)C(=O)N1CC2(CCOCC2)C[C@H]1C(=O)O. The highest BCUT2D eigenvalue weighted by Crippen LogP contribution is 2.43. The molecule has 2 saturated heterocycles. The second-order valence-electron chi connectivity index (χ2n) is 8.44. The summed E-state index contributed by atoms with van der Waals surface area (Å²) in [6.07, 6.45) is 2.78. The average molecular weight is 418 g/mol. The van der Waals surface area contributed by atoms with E-state index in [4.69, 9.17) is 4.74 Å². The maximum absolute atomic E-state index is 13.1. The predicted molar refractivity (Wildman–Crippen MR) is 109 cm³/mol. The standard InChI is InChI=1S/C22H30N2O6/c1-15(23-17(20(26)27)8-7-16-5-3-2-4-6-16)19(25)24-14-22(9-11-30-12-10-22)13-18(24)21(28)29/h2-6,15,17-18,23H,7-14H2,1H3,(H,26,27)(H,28,29)/t15?,17-,18-/m0/s1. The predicted octanol–water partition coefficient (Wildman–Crippen LogP) is 1.53. The first kappa shape index (κ1) is 22.2. The van der Waals surface area contributed by atoms with Crippen molar-refractivity contribution in [3.05, 3.63) is 35.9 Å². The van der Waals surface area contributed by atoms with E-state index in [1.807, 2.05) is 30.3 Å². The number of nitrogens with one attached hydrogen (secondary N) is 1. The molecule has 30 heavy (non-hydrogen) atoms. The molecule has 2 heterocycles. The van der Waals surface area contributed by atoms with Crippen molar-refractivity contribution in [2.75, 3.05) is 19.8 Å². The van der Waals surface area contributed by atoms with E-state index < -0.39 is 30.1 Å². The van der Waals surface area contributed by atoms with Crippen LogP contribution in [-0.2, 0) is 25.5 Å². The third-order valence-corrected chi connectivity index (χ3v) is 6.31. The van der Waals surface area contributed by atoms with E-state index in [2.05, 4.69) is 5.32 Å². The summed E-state index contributed by atoms with van der Waals surface area (Å²) in [5.74, 6) is -2.41. The molecule has 1 unspecified atom stereocenters. The highest BCUT2D eigenvalue weighted by Gasteiger charge is 2.50. The Labute approximate surface area is 176 Å². The number of rotatable bonds is 8. The summed E-state index contributed by atoms with van der Waals surface area (Å²) in [6, 6.07) is 6.99. The topological polar surface area (TPSA) is 116 Å². The Morgan fingerprint density at radius 1 is 1.20 bits per heavy atom. The van der Waals surface area contributed by atoms with Gasteiger partial charge in [0, 0.05) is 19.8 Å². The first-order valence-electron chi connectivity index (χ1n) is 10.5. The lowest BCUT2D eigenvalue weighted by Gasteiger charge is -2.33. The van der Waals surface area contributed by atoms with Crippen LogP contribution in [0.25, 0.3) is 0 Å². The Hall–Kier alpha value is -2.45. The molecule has 8 heteroatoms. The molecule has 0 saturated carbocycles. The number of amides is 1. The molecule has 164 valence electrons. The lowest BCUT2D eigenvalue weighted by Crippen LogP contribution is -2.53. The van der Waals surface area contributed by atoms with Gasteiger partial charge in [-0.2, -0.15) is 0 Å². The molecule has 1 aromatic rings. The van der Waals surface area contributed by atoms with Crippen molar-refractivity contribution in [1.82, 2.24) is 10.2 Å². The second kappa shape index (κ2) is 9.57. The van der Waals surface area contributed by atoms with Crippen molar-refractivity contribution < 1.29 is 29.3 Å². The van der Waals surface area contributed by atoms with Crippen molar-refractivity contribution in [3.63, 3.8) is 0 Å². The van der Waals surface area contributed by atoms with Gasteiger partial charge in [0.15, 0.2) is 0 Å². The third-order valence-electron chi connectivity index (χ3n) is 6.31. The molecule has 0 aliphatic carbocycles. The molecular formula is C22H30N2O6. The van der Waals surface area contributed by atoms with E-state index in [0.29, 0.717) is 39.0 Å². The molecule has 0 bridgehead atoms. The molecule has 2 aliphatic rings. The monoisotopic (exact) mass is 418 g/mol. The number of carboxylic acid groups (broad SMARTS) is 2. The maximum atomic E-state index is 13.1. The summed E-state index contributed by atoms with van der Waals surface area (Å²) in [6.45, 7) is 3.13. The number of nitrogens with zero attached hydrogens (tertiary/aromatic N) is 1. The van der Waals surface area contributed by atoms with Crippen LogP contribution in [0.2, 0.25) is 0 Å². The van der Waals surface area contributed by atoms with Crippen LogP contribution < -0.4 is 5.32 Å². The first-order valence-corrected chi connectivity index (χ1v) is 10.5. The Balaban J connectivity index is 1.64. The number of benzene rings is 1. The number of carboxylic acids is 2. The number of hydrogen-bond acceptors (Lipinski definition) is 5. The number of ether oxygens (including phenoxy) is 1. The Bertz CT molecular complexity index is 762. The van der Waals surface area contributed by atoms with Crippen LogP contribution in [0.4, 0.5) is 0 Å². The van der Waals surface area contributed by atoms with Gasteiger partial charge in [-0.15, -0.1) is 0 Å². The van der Waals surface area contributed by atoms with Crippen molar-refractivity contribution in [1.29, 1.82) is 0 Å². The number of hydrogen-bond donors (Lipinski definition) is 3. The lowest BCUT2D eigenvalue weighted by molar-refractivity contribution is -0.149. The maximum Gasteiger partial charge on any atom is 0.326 e. The molecule has 8 nitrogen and oxygen atoms in total. The van der Waals surface area contributed by atoms with Crippen LogP contribution in [-0.4, -0.2) is 70.8 Å². The second-order valence-corrected chi connectivity index (χ2v) is 8.44. The number of carbonyl (C=O) groups is 3. The summed E-state index contributed by atoms with van der Waals surface area (Å²) in [7, 11) is 0. The van der Waals surface area contributed by atoms with Gasteiger partial charge in [0.1, 0.15) is 12.1 Å². The number of likely N-dealkylation sites (tertiary alicyclic amines) is 1. The molecule has 0 radical (unpaired) electrons. The van der Waals surface area contributed by atoms with Crippen LogP contribution in [0.5, 0.6) is 0 Å². The number of aryl methyl sites for hydroxylation is 1. The van der Waals surface area contributed by atoms with Gasteiger partial charge >= 0.3 is 11.9 Å². The largest absolute Gasteiger partial charge is 0.480 e. The minimum Gasteiger partial charge on any atom is -0.480 e. The molecule has 1 spiro atoms. The van der Waals surface area contributed by atoms with Crippen molar-refractivity contribution in [2.45, 2.75) is 57.2 Å². The summed E-state index contributed by atoms with van der Waals surface area (Å²) >= 11 is 0. The van der Waals surface area contributed by atoms with Crippen molar-refractivity contribution in [3.8, 4) is 0 Å². The first-order chi connectivity index (χ1) is 14.3. The molecule has 3 atom stereocenters.